The predicted molar refractivity (Wildman–Crippen MR) is 67.7 cm³/mol. The average molecular weight is 287 g/mol. The average Bonchev–Trinajstić information content (AvgIpc) is 2.28. The SMILES string of the molecule is CCOCCNC(=O)Nc1ccc(Br)cc1. The summed E-state index contributed by atoms with van der Waals surface area (Å²) >= 11 is 3.33. The van der Waals surface area contributed by atoms with E-state index in [2.05, 4.69) is 26.6 Å². The van der Waals surface area contributed by atoms with Crippen LogP contribution in [0.25, 0.3) is 0 Å². The number of amides is 2. The molecule has 1 aromatic carbocycles. The van der Waals surface area contributed by atoms with Crippen molar-refractivity contribution in [3.63, 3.8) is 0 Å². The van der Waals surface area contributed by atoms with Crippen molar-refractivity contribution in [3.8, 4) is 0 Å². The largest absolute Gasteiger partial charge is 0.380 e. The molecule has 0 aliphatic rings. The fraction of sp³-hybridized carbons (Fsp3) is 0.364. The Morgan fingerprint density at radius 3 is 2.69 bits per heavy atom. The first-order valence-electron chi connectivity index (χ1n) is 5.10. The zero-order valence-electron chi connectivity index (χ0n) is 9.13. The van der Waals surface area contributed by atoms with E-state index >= 15 is 0 Å². The van der Waals surface area contributed by atoms with E-state index in [0.717, 1.165) is 10.2 Å². The number of urea groups is 1. The van der Waals surface area contributed by atoms with Crippen molar-refractivity contribution in [3.05, 3.63) is 28.7 Å². The highest BCUT2D eigenvalue weighted by atomic mass is 79.9. The molecule has 0 fully saturated rings. The van der Waals surface area contributed by atoms with Crippen molar-refractivity contribution in [2.75, 3.05) is 25.1 Å². The highest BCUT2D eigenvalue weighted by Gasteiger charge is 1.99. The Morgan fingerprint density at radius 2 is 2.06 bits per heavy atom. The molecule has 88 valence electrons. The van der Waals surface area contributed by atoms with Crippen LogP contribution in [0.4, 0.5) is 10.5 Å². The van der Waals surface area contributed by atoms with Gasteiger partial charge in [0.05, 0.1) is 6.61 Å². The molecule has 0 aliphatic heterocycles. The van der Waals surface area contributed by atoms with Gasteiger partial charge in [0.15, 0.2) is 0 Å². The van der Waals surface area contributed by atoms with Crippen molar-refractivity contribution in [2.24, 2.45) is 0 Å². The van der Waals surface area contributed by atoms with E-state index in [1.807, 2.05) is 31.2 Å². The number of carbonyl (C=O) groups is 1. The van der Waals surface area contributed by atoms with Gasteiger partial charge in [-0.3, -0.25) is 0 Å². The molecule has 0 saturated heterocycles. The van der Waals surface area contributed by atoms with Crippen LogP contribution in [0.15, 0.2) is 28.7 Å². The first-order chi connectivity index (χ1) is 7.72. The normalized spacial score (nSPS) is 9.88. The number of anilines is 1. The van der Waals surface area contributed by atoms with Gasteiger partial charge in [-0.25, -0.2) is 4.79 Å². The van der Waals surface area contributed by atoms with E-state index in [1.54, 1.807) is 0 Å². The zero-order chi connectivity index (χ0) is 11.8. The van der Waals surface area contributed by atoms with Gasteiger partial charge < -0.3 is 15.4 Å². The predicted octanol–water partition coefficient (Wildman–Crippen LogP) is 2.61. The Morgan fingerprint density at radius 1 is 1.38 bits per heavy atom. The van der Waals surface area contributed by atoms with Gasteiger partial charge >= 0.3 is 6.03 Å². The summed E-state index contributed by atoms with van der Waals surface area (Å²) in [6.07, 6.45) is 0. The number of hydrogen-bond donors (Lipinski definition) is 2. The molecule has 1 aromatic rings. The van der Waals surface area contributed by atoms with Gasteiger partial charge in [-0.1, -0.05) is 15.9 Å². The smallest absolute Gasteiger partial charge is 0.319 e. The maximum atomic E-state index is 11.4. The fourth-order valence-corrected chi connectivity index (χ4v) is 1.35. The van der Waals surface area contributed by atoms with Gasteiger partial charge in [0, 0.05) is 23.3 Å². The molecular formula is C11H15BrN2O2. The van der Waals surface area contributed by atoms with Gasteiger partial charge in [-0.2, -0.15) is 0 Å². The summed E-state index contributed by atoms with van der Waals surface area (Å²) in [4.78, 5) is 11.4. The Balaban J connectivity index is 2.26. The molecule has 0 radical (unpaired) electrons. The van der Waals surface area contributed by atoms with Crippen LogP contribution in [0.5, 0.6) is 0 Å². The van der Waals surface area contributed by atoms with Crippen molar-refractivity contribution in [1.29, 1.82) is 0 Å². The minimum Gasteiger partial charge on any atom is -0.380 e. The molecule has 0 atom stereocenters. The van der Waals surface area contributed by atoms with E-state index in [-0.39, 0.29) is 6.03 Å². The third kappa shape index (κ3) is 5.14. The topological polar surface area (TPSA) is 50.4 Å². The minimum atomic E-state index is -0.220. The maximum absolute atomic E-state index is 11.4. The molecule has 0 aliphatic carbocycles. The molecular weight excluding hydrogens is 272 g/mol. The number of rotatable bonds is 5. The lowest BCUT2D eigenvalue weighted by Crippen LogP contribution is -2.31. The van der Waals surface area contributed by atoms with Crippen LogP contribution >= 0.6 is 15.9 Å². The first-order valence-corrected chi connectivity index (χ1v) is 5.90. The molecule has 16 heavy (non-hydrogen) atoms. The molecule has 0 aromatic heterocycles. The minimum absolute atomic E-state index is 0.220. The Hall–Kier alpha value is -1.07. The summed E-state index contributed by atoms with van der Waals surface area (Å²) < 4.78 is 6.08. The third-order valence-corrected chi connectivity index (χ3v) is 2.37. The van der Waals surface area contributed by atoms with E-state index in [4.69, 9.17) is 4.74 Å². The van der Waals surface area contributed by atoms with Crippen molar-refractivity contribution >= 4 is 27.6 Å². The summed E-state index contributed by atoms with van der Waals surface area (Å²) in [5.41, 5.74) is 0.761. The number of ether oxygens (including phenoxy) is 1. The monoisotopic (exact) mass is 286 g/mol. The maximum Gasteiger partial charge on any atom is 0.319 e. The van der Waals surface area contributed by atoms with E-state index in [1.165, 1.54) is 0 Å². The third-order valence-electron chi connectivity index (χ3n) is 1.84. The number of halogens is 1. The quantitative estimate of drug-likeness (QED) is 0.818. The lowest BCUT2D eigenvalue weighted by Gasteiger charge is -2.07. The lowest BCUT2D eigenvalue weighted by atomic mass is 10.3. The highest BCUT2D eigenvalue weighted by Crippen LogP contribution is 2.13. The second-order valence-electron chi connectivity index (χ2n) is 3.08. The summed E-state index contributed by atoms with van der Waals surface area (Å²) in [7, 11) is 0. The van der Waals surface area contributed by atoms with Crippen molar-refractivity contribution < 1.29 is 9.53 Å². The van der Waals surface area contributed by atoms with E-state index < -0.39 is 0 Å². The Kier molecular flexibility index (Phi) is 5.88. The van der Waals surface area contributed by atoms with Gasteiger partial charge in [0.2, 0.25) is 0 Å². The Bertz CT molecular complexity index is 327. The van der Waals surface area contributed by atoms with Crippen LogP contribution in [0.2, 0.25) is 0 Å². The molecule has 2 N–H and O–H groups in total. The molecule has 5 heteroatoms. The van der Waals surface area contributed by atoms with Gasteiger partial charge in [-0.15, -0.1) is 0 Å². The fourth-order valence-electron chi connectivity index (χ4n) is 1.09. The number of carbonyl (C=O) groups excluding carboxylic acids is 1. The second kappa shape index (κ2) is 7.24. The van der Waals surface area contributed by atoms with Gasteiger partial charge in [-0.05, 0) is 31.2 Å². The summed E-state index contributed by atoms with van der Waals surface area (Å²) in [5, 5.41) is 5.41. The van der Waals surface area contributed by atoms with Crippen LogP contribution in [-0.4, -0.2) is 25.8 Å². The molecule has 0 saturated carbocycles. The summed E-state index contributed by atoms with van der Waals surface area (Å²) in [6.45, 7) is 3.62. The standard InChI is InChI=1S/C11H15BrN2O2/c1-2-16-8-7-13-11(15)14-10-5-3-9(12)4-6-10/h3-6H,2,7-8H2,1H3,(H2,13,14,15). The van der Waals surface area contributed by atoms with Crippen LogP contribution in [-0.2, 0) is 4.74 Å². The number of hydrogen-bond acceptors (Lipinski definition) is 2. The van der Waals surface area contributed by atoms with Crippen molar-refractivity contribution in [2.45, 2.75) is 6.92 Å². The zero-order valence-corrected chi connectivity index (χ0v) is 10.7. The second-order valence-corrected chi connectivity index (χ2v) is 4.00. The van der Waals surface area contributed by atoms with Crippen LogP contribution in [0.3, 0.4) is 0 Å². The summed E-state index contributed by atoms with van der Waals surface area (Å²) in [5.74, 6) is 0. The lowest BCUT2D eigenvalue weighted by molar-refractivity contribution is 0.150. The number of nitrogens with one attached hydrogen (secondary N) is 2. The molecule has 0 heterocycles. The van der Waals surface area contributed by atoms with Crippen LogP contribution in [0, 0.1) is 0 Å². The molecule has 4 nitrogen and oxygen atoms in total. The van der Waals surface area contributed by atoms with Gasteiger partial charge in [0.1, 0.15) is 0 Å². The number of benzene rings is 1. The van der Waals surface area contributed by atoms with Gasteiger partial charge in [0.25, 0.3) is 0 Å². The Labute approximate surface area is 103 Å². The van der Waals surface area contributed by atoms with E-state index in [0.29, 0.717) is 19.8 Å². The first kappa shape index (κ1) is 13.0. The molecule has 0 bridgehead atoms. The van der Waals surface area contributed by atoms with E-state index in [9.17, 15) is 4.79 Å². The van der Waals surface area contributed by atoms with Crippen molar-refractivity contribution in [1.82, 2.24) is 5.32 Å². The summed E-state index contributed by atoms with van der Waals surface area (Å²) in [6, 6.07) is 7.17. The molecule has 2 amide bonds. The van der Waals surface area contributed by atoms with Crippen LogP contribution < -0.4 is 10.6 Å². The highest BCUT2D eigenvalue weighted by molar-refractivity contribution is 9.10. The molecule has 0 unspecified atom stereocenters. The molecule has 0 spiro atoms. The van der Waals surface area contributed by atoms with Crippen LogP contribution in [0.1, 0.15) is 6.92 Å². The molecule has 1 rings (SSSR count).